The van der Waals surface area contributed by atoms with E-state index in [1.54, 1.807) is 12.1 Å². The van der Waals surface area contributed by atoms with Crippen LogP contribution >= 0.6 is 11.8 Å². The summed E-state index contributed by atoms with van der Waals surface area (Å²) < 4.78 is 33.9. The molecule has 1 saturated heterocycles. The Bertz CT molecular complexity index is 991. The first-order valence-corrected chi connectivity index (χ1v) is 11.7. The van der Waals surface area contributed by atoms with E-state index >= 15 is 0 Å². The number of hydrogen-bond acceptors (Lipinski definition) is 9. The lowest BCUT2D eigenvalue weighted by Crippen LogP contribution is -2.45. The molecule has 2 N–H and O–H groups in total. The van der Waals surface area contributed by atoms with Crippen molar-refractivity contribution in [2.45, 2.75) is 24.6 Å². The van der Waals surface area contributed by atoms with Crippen LogP contribution in [0.25, 0.3) is 11.5 Å². The standard InChI is InChI=1S/C17H20N4O6S2/c1-2-26-13-6-4-3-5-12(13)15-20-21-17(27-15)28-9-14(22)19-16(23)18-11-7-8-29(24,25)10-11/h3-6,11H,2,7-10H2,1H3,(H2,18,19,22,23)/t11-/m1/s1. The molecule has 2 heterocycles. The molecule has 0 unspecified atom stereocenters. The van der Waals surface area contributed by atoms with Crippen LogP contribution in [0.15, 0.2) is 33.9 Å². The van der Waals surface area contributed by atoms with E-state index in [0.29, 0.717) is 24.3 Å². The highest BCUT2D eigenvalue weighted by Crippen LogP contribution is 2.30. The molecule has 0 radical (unpaired) electrons. The smallest absolute Gasteiger partial charge is 0.321 e. The van der Waals surface area contributed by atoms with Gasteiger partial charge in [0.15, 0.2) is 9.84 Å². The SMILES string of the molecule is CCOc1ccccc1-c1nnc(SCC(=O)NC(=O)N[C@@H]2CCS(=O)(=O)C2)o1. The van der Waals surface area contributed by atoms with Crippen LogP contribution in [0.1, 0.15) is 13.3 Å². The number of thioether (sulfide) groups is 1. The summed E-state index contributed by atoms with van der Waals surface area (Å²) in [5, 5.41) is 12.7. The highest BCUT2D eigenvalue weighted by Gasteiger charge is 2.29. The Kier molecular flexibility index (Phi) is 6.75. The zero-order valence-electron chi connectivity index (χ0n) is 15.6. The van der Waals surface area contributed by atoms with Crippen molar-refractivity contribution < 1.29 is 27.2 Å². The molecule has 1 aromatic heterocycles. The van der Waals surface area contributed by atoms with Crippen molar-refractivity contribution in [3.05, 3.63) is 24.3 Å². The molecule has 2 aromatic rings. The number of urea groups is 1. The van der Waals surface area contributed by atoms with Gasteiger partial charge in [0.25, 0.3) is 11.1 Å². The highest BCUT2D eigenvalue weighted by atomic mass is 32.2. The molecule has 12 heteroatoms. The lowest BCUT2D eigenvalue weighted by molar-refractivity contribution is -0.117. The molecule has 0 spiro atoms. The fourth-order valence-electron chi connectivity index (χ4n) is 2.72. The number of ether oxygens (including phenoxy) is 1. The van der Waals surface area contributed by atoms with Crippen LogP contribution in [0.2, 0.25) is 0 Å². The number of carbonyl (C=O) groups is 2. The van der Waals surface area contributed by atoms with Crippen molar-refractivity contribution in [3.8, 4) is 17.2 Å². The number of hydrogen-bond donors (Lipinski definition) is 2. The molecule has 1 aliphatic rings. The molecular formula is C17H20N4O6S2. The van der Waals surface area contributed by atoms with Gasteiger partial charge in [-0.3, -0.25) is 10.1 Å². The third-order valence-corrected chi connectivity index (χ3v) is 6.56. The van der Waals surface area contributed by atoms with Crippen molar-refractivity contribution in [1.29, 1.82) is 0 Å². The first kappa shape index (κ1) is 21.1. The topological polar surface area (TPSA) is 140 Å². The Morgan fingerprint density at radius 1 is 1.31 bits per heavy atom. The summed E-state index contributed by atoms with van der Waals surface area (Å²) >= 11 is 0.979. The molecule has 3 rings (SSSR count). The number of amides is 3. The van der Waals surface area contributed by atoms with Crippen LogP contribution in [0.3, 0.4) is 0 Å². The van der Waals surface area contributed by atoms with E-state index in [0.717, 1.165) is 11.8 Å². The highest BCUT2D eigenvalue weighted by molar-refractivity contribution is 7.99. The van der Waals surface area contributed by atoms with E-state index in [2.05, 4.69) is 20.8 Å². The molecule has 1 atom stereocenters. The Balaban J connectivity index is 1.49. The van der Waals surface area contributed by atoms with Gasteiger partial charge in [0.1, 0.15) is 5.75 Å². The number of imide groups is 1. The third kappa shape index (κ3) is 5.94. The maximum absolute atomic E-state index is 11.9. The summed E-state index contributed by atoms with van der Waals surface area (Å²) in [6, 6.07) is 6.01. The Morgan fingerprint density at radius 3 is 2.83 bits per heavy atom. The fraction of sp³-hybridized carbons (Fsp3) is 0.412. The summed E-state index contributed by atoms with van der Waals surface area (Å²) in [6.07, 6.45) is 0.340. The van der Waals surface area contributed by atoms with Gasteiger partial charge in [-0.15, -0.1) is 10.2 Å². The number of para-hydroxylation sites is 1. The van der Waals surface area contributed by atoms with Gasteiger partial charge in [0.2, 0.25) is 5.91 Å². The summed E-state index contributed by atoms with van der Waals surface area (Å²) in [5.74, 6) is 0.106. The summed E-state index contributed by atoms with van der Waals surface area (Å²) in [6.45, 7) is 2.36. The van der Waals surface area contributed by atoms with Crippen molar-refractivity contribution in [2.75, 3.05) is 23.9 Å². The Labute approximate surface area is 171 Å². The Morgan fingerprint density at radius 2 is 2.10 bits per heavy atom. The number of carbonyl (C=O) groups excluding carboxylic acids is 2. The number of sulfone groups is 1. The molecule has 1 fully saturated rings. The van der Waals surface area contributed by atoms with Gasteiger partial charge in [-0.25, -0.2) is 13.2 Å². The predicted octanol–water partition coefficient (Wildman–Crippen LogP) is 1.24. The second kappa shape index (κ2) is 9.27. The van der Waals surface area contributed by atoms with Crippen molar-refractivity contribution in [3.63, 3.8) is 0 Å². The number of rotatable bonds is 7. The van der Waals surface area contributed by atoms with E-state index in [4.69, 9.17) is 9.15 Å². The molecule has 1 aliphatic heterocycles. The van der Waals surface area contributed by atoms with Crippen LogP contribution in [0, 0.1) is 0 Å². The van der Waals surface area contributed by atoms with Crippen molar-refractivity contribution >= 4 is 33.5 Å². The lowest BCUT2D eigenvalue weighted by Gasteiger charge is -2.10. The number of nitrogens with one attached hydrogen (secondary N) is 2. The van der Waals surface area contributed by atoms with Gasteiger partial charge in [-0.2, -0.15) is 0 Å². The molecular weight excluding hydrogens is 420 g/mol. The minimum atomic E-state index is -3.11. The van der Waals surface area contributed by atoms with Crippen molar-refractivity contribution in [1.82, 2.24) is 20.8 Å². The fourth-order valence-corrected chi connectivity index (χ4v) is 4.96. The monoisotopic (exact) mass is 440 g/mol. The third-order valence-electron chi connectivity index (χ3n) is 3.97. The van der Waals surface area contributed by atoms with Gasteiger partial charge in [0, 0.05) is 6.04 Å². The average molecular weight is 441 g/mol. The normalized spacial score (nSPS) is 17.6. The number of benzene rings is 1. The van der Waals surface area contributed by atoms with E-state index in [1.165, 1.54) is 0 Å². The maximum Gasteiger partial charge on any atom is 0.321 e. The van der Waals surface area contributed by atoms with Gasteiger partial charge in [0.05, 0.1) is 29.4 Å². The molecule has 156 valence electrons. The van der Waals surface area contributed by atoms with Crippen LogP contribution in [0.4, 0.5) is 4.79 Å². The zero-order valence-corrected chi connectivity index (χ0v) is 17.2. The molecule has 0 bridgehead atoms. The van der Waals surface area contributed by atoms with E-state index in [1.807, 2.05) is 19.1 Å². The Hall–Kier alpha value is -2.60. The predicted molar refractivity (Wildman–Crippen MR) is 105 cm³/mol. The first-order chi connectivity index (χ1) is 13.9. The molecule has 0 aliphatic carbocycles. The minimum Gasteiger partial charge on any atom is -0.493 e. The van der Waals surface area contributed by atoms with E-state index in [-0.39, 0.29) is 28.4 Å². The van der Waals surface area contributed by atoms with E-state index in [9.17, 15) is 18.0 Å². The number of aromatic nitrogens is 2. The minimum absolute atomic E-state index is 0.0354. The van der Waals surface area contributed by atoms with Gasteiger partial charge >= 0.3 is 6.03 Å². The van der Waals surface area contributed by atoms with Gasteiger partial charge in [-0.05, 0) is 25.5 Å². The van der Waals surface area contributed by atoms with Crippen LogP contribution in [0.5, 0.6) is 5.75 Å². The van der Waals surface area contributed by atoms with E-state index < -0.39 is 27.8 Å². The van der Waals surface area contributed by atoms with Crippen LogP contribution in [-0.4, -0.2) is 60.5 Å². The molecule has 29 heavy (non-hydrogen) atoms. The molecule has 10 nitrogen and oxygen atoms in total. The quantitative estimate of drug-likeness (QED) is 0.608. The zero-order chi connectivity index (χ0) is 20.9. The van der Waals surface area contributed by atoms with Gasteiger partial charge in [-0.1, -0.05) is 23.9 Å². The summed E-state index contributed by atoms with van der Waals surface area (Å²) in [5.41, 5.74) is 0.643. The van der Waals surface area contributed by atoms with Crippen molar-refractivity contribution in [2.24, 2.45) is 0 Å². The largest absolute Gasteiger partial charge is 0.493 e. The second-order valence-electron chi connectivity index (χ2n) is 6.21. The van der Waals surface area contributed by atoms with Crippen LogP contribution < -0.4 is 15.4 Å². The summed E-state index contributed by atoms with van der Waals surface area (Å²) in [4.78, 5) is 23.7. The van der Waals surface area contributed by atoms with Gasteiger partial charge < -0.3 is 14.5 Å². The first-order valence-electron chi connectivity index (χ1n) is 8.85. The average Bonchev–Trinajstić information content (AvgIpc) is 3.27. The van der Waals surface area contributed by atoms with Crippen LogP contribution in [-0.2, 0) is 14.6 Å². The maximum atomic E-state index is 11.9. The molecule has 0 saturated carbocycles. The number of nitrogens with zero attached hydrogens (tertiary/aromatic N) is 2. The molecule has 3 amide bonds. The molecule has 1 aromatic carbocycles. The lowest BCUT2D eigenvalue weighted by atomic mass is 10.2. The summed E-state index contributed by atoms with van der Waals surface area (Å²) in [7, 11) is -3.11. The second-order valence-corrected chi connectivity index (χ2v) is 9.37.